The van der Waals surface area contributed by atoms with Crippen LogP contribution in [-0.4, -0.2) is 35.6 Å². The maximum atomic E-state index is 11.7. The monoisotopic (exact) mass is 235 g/mol. The van der Waals surface area contributed by atoms with Crippen LogP contribution in [0.4, 0.5) is 0 Å². The van der Waals surface area contributed by atoms with Gasteiger partial charge in [0.2, 0.25) is 0 Å². The smallest absolute Gasteiger partial charge is 0.260 e. The molecule has 1 fully saturated rings. The van der Waals surface area contributed by atoms with Crippen molar-refractivity contribution in [2.45, 2.75) is 25.8 Å². The quantitative estimate of drug-likeness (QED) is 0.864. The van der Waals surface area contributed by atoms with E-state index in [1.807, 2.05) is 0 Å². The maximum absolute atomic E-state index is 11.7. The zero-order valence-corrected chi connectivity index (χ0v) is 10.1. The van der Waals surface area contributed by atoms with E-state index in [1.165, 1.54) is 0 Å². The molecule has 0 spiro atoms. The number of aromatic hydroxyl groups is 1. The molecule has 1 aliphatic carbocycles. The van der Waals surface area contributed by atoms with Crippen molar-refractivity contribution in [3.8, 4) is 11.5 Å². The van der Waals surface area contributed by atoms with Gasteiger partial charge in [-0.05, 0) is 31.9 Å². The summed E-state index contributed by atoms with van der Waals surface area (Å²) < 4.78 is 5.43. The summed E-state index contributed by atoms with van der Waals surface area (Å²) in [7, 11) is 1.80. The van der Waals surface area contributed by atoms with Crippen LogP contribution in [0.25, 0.3) is 0 Å². The first kappa shape index (κ1) is 11.8. The van der Waals surface area contributed by atoms with Gasteiger partial charge >= 0.3 is 0 Å². The summed E-state index contributed by atoms with van der Waals surface area (Å²) in [5.74, 6) is 0.725. The Kier molecular flexibility index (Phi) is 3.22. The molecule has 2 rings (SSSR count). The number of amides is 1. The number of rotatable bonds is 4. The summed E-state index contributed by atoms with van der Waals surface area (Å²) in [6, 6.07) is 5.45. The van der Waals surface area contributed by atoms with Crippen molar-refractivity contribution >= 4 is 5.91 Å². The highest BCUT2D eigenvalue weighted by atomic mass is 16.5. The fourth-order valence-electron chi connectivity index (χ4n) is 1.67. The van der Waals surface area contributed by atoms with Crippen LogP contribution in [0.1, 0.15) is 18.4 Å². The molecule has 0 bridgehead atoms. The van der Waals surface area contributed by atoms with Gasteiger partial charge in [-0.15, -0.1) is 0 Å². The van der Waals surface area contributed by atoms with Gasteiger partial charge in [0.05, 0.1) is 0 Å². The third-order valence-corrected chi connectivity index (χ3v) is 3.09. The molecule has 0 atom stereocenters. The van der Waals surface area contributed by atoms with E-state index in [9.17, 15) is 9.90 Å². The Morgan fingerprint density at radius 1 is 1.53 bits per heavy atom. The van der Waals surface area contributed by atoms with E-state index in [-0.39, 0.29) is 18.3 Å². The molecule has 0 unspecified atom stereocenters. The van der Waals surface area contributed by atoms with E-state index in [2.05, 4.69) is 0 Å². The Morgan fingerprint density at radius 2 is 2.24 bits per heavy atom. The number of phenolic OH excluding ortho intramolecular Hbond substituents is 1. The second-order valence-corrected chi connectivity index (χ2v) is 4.42. The van der Waals surface area contributed by atoms with Crippen molar-refractivity contribution in [1.29, 1.82) is 0 Å². The average molecular weight is 235 g/mol. The van der Waals surface area contributed by atoms with Crippen LogP contribution in [0, 0.1) is 6.92 Å². The molecular formula is C13H17NO3. The van der Waals surface area contributed by atoms with Crippen LogP contribution in [0.5, 0.6) is 11.5 Å². The van der Waals surface area contributed by atoms with Gasteiger partial charge in [0.15, 0.2) is 6.61 Å². The van der Waals surface area contributed by atoms with Gasteiger partial charge in [-0.2, -0.15) is 0 Å². The van der Waals surface area contributed by atoms with Crippen LogP contribution in [0.3, 0.4) is 0 Å². The third kappa shape index (κ3) is 2.70. The minimum atomic E-state index is -0.0183. The van der Waals surface area contributed by atoms with Crippen molar-refractivity contribution < 1.29 is 14.6 Å². The molecule has 4 heteroatoms. The number of hydrogen-bond donors (Lipinski definition) is 1. The Labute approximate surface area is 101 Å². The number of likely N-dealkylation sites (N-methyl/N-ethyl adjacent to an activating group) is 1. The Balaban J connectivity index is 1.93. The van der Waals surface area contributed by atoms with E-state index in [0.717, 1.165) is 12.8 Å². The molecule has 4 nitrogen and oxygen atoms in total. The first-order valence-electron chi connectivity index (χ1n) is 5.76. The van der Waals surface area contributed by atoms with E-state index in [4.69, 9.17) is 4.74 Å². The number of phenols is 1. The summed E-state index contributed by atoms with van der Waals surface area (Å²) in [4.78, 5) is 13.5. The Morgan fingerprint density at radius 3 is 2.88 bits per heavy atom. The van der Waals surface area contributed by atoms with Gasteiger partial charge < -0.3 is 14.7 Å². The van der Waals surface area contributed by atoms with Crippen LogP contribution in [-0.2, 0) is 4.79 Å². The van der Waals surface area contributed by atoms with Gasteiger partial charge in [-0.25, -0.2) is 0 Å². The van der Waals surface area contributed by atoms with Gasteiger partial charge in [-0.3, -0.25) is 4.79 Å². The third-order valence-electron chi connectivity index (χ3n) is 3.09. The minimum absolute atomic E-state index is 0.0183. The molecule has 1 saturated carbocycles. The molecule has 0 aliphatic heterocycles. The predicted octanol–water partition coefficient (Wildman–Crippen LogP) is 1.70. The summed E-state index contributed by atoms with van der Waals surface area (Å²) in [5.41, 5.74) is 0.661. The number of benzene rings is 1. The molecule has 1 N–H and O–H groups in total. The van der Waals surface area contributed by atoms with Crippen molar-refractivity contribution in [3.05, 3.63) is 23.8 Å². The summed E-state index contributed by atoms with van der Waals surface area (Å²) >= 11 is 0. The van der Waals surface area contributed by atoms with Gasteiger partial charge in [0.25, 0.3) is 5.91 Å². The van der Waals surface area contributed by atoms with Crippen LogP contribution in [0.2, 0.25) is 0 Å². The number of ether oxygens (including phenoxy) is 1. The van der Waals surface area contributed by atoms with Crippen molar-refractivity contribution in [3.63, 3.8) is 0 Å². The number of nitrogens with zero attached hydrogens (tertiary/aromatic N) is 1. The molecule has 1 amide bonds. The second kappa shape index (κ2) is 4.65. The molecule has 0 radical (unpaired) electrons. The highest BCUT2D eigenvalue weighted by Gasteiger charge is 2.29. The first-order chi connectivity index (χ1) is 8.09. The highest BCUT2D eigenvalue weighted by molar-refractivity contribution is 5.78. The molecular weight excluding hydrogens is 218 g/mol. The topological polar surface area (TPSA) is 49.8 Å². The van der Waals surface area contributed by atoms with E-state index < -0.39 is 0 Å². The van der Waals surface area contributed by atoms with Crippen LogP contribution < -0.4 is 4.74 Å². The van der Waals surface area contributed by atoms with Gasteiger partial charge in [0.1, 0.15) is 11.5 Å². The molecule has 1 aromatic carbocycles. The maximum Gasteiger partial charge on any atom is 0.260 e. The standard InChI is InChI=1S/C13H17NO3/c1-9-11(15)4-3-5-12(9)17-8-13(16)14(2)10-6-7-10/h3-5,10,15H,6-8H2,1-2H3. The normalized spacial score (nSPS) is 14.5. The number of carbonyl (C=O) groups is 1. The molecule has 0 aromatic heterocycles. The molecule has 1 aromatic rings. The molecule has 1 aliphatic rings. The lowest BCUT2D eigenvalue weighted by Gasteiger charge is -2.17. The summed E-state index contributed by atoms with van der Waals surface area (Å²) in [6.45, 7) is 1.79. The van der Waals surface area contributed by atoms with Crippen LogP contribution >= 0.6 is 0 Å². The van der Waals surface area contributed by atoms with Gasteiger partial charge in [-0.1, -0.05) is 6.07 Å². The van der Waals surface area contributed by atoms with Gasteiger partial charge in [0, 0.05) is 18.7 Å². The molecule has 0 saturated heterocycles. The fourth-order valence-corrected chi connectivity index (χ4v) is 1.67. The van der Waals surface area contributed by atoms with E-state index in [0.29, 0.717) is 17.4 Å². The molecule has 0 heterocycles. The fraction of sp³-hybridized carbons (Fsp3) is 0.462. The largest absolute Gasteiger partial charge is 0.508 e. The zero-order chi connectivity index (χ0) is 12.4. The highest BCUT2D eigenvalue weighted by Crippen LogP contribution is 2.27. The second-order valence-electron chi connectivity index (χ2n) is 4.42. The first-order valence-corrected chi connectivity index (χ1v) is 5.76. The van der Waals surface area contributed by atoms with Crippen molar-refractivity contribution in [1.82, 2.24) is 4.90 Å². The average Bonchev–Trinajstić information content (AvgIpc) is 3.13. The summed E-state index contributed by atoms with van der Waals surface area (Å²) in [6.07, 6.45) is 2.18. The van der Waals surface area contributed by atoms with Crippen LogP contribution in [0.15, 0.2) is 18.2 Å². The van der Waals surface area contributed by atoms with Crippen molar-refractivity contribution in [2.75, 3.05) is 13.7 Å². The summed E-state index contributed by atoms with van der Waals surface area (Å²) in [5, 5.41) is 9.50. The lowest BCUT2D eigenvalue weighted by molar-refractivity contribution is -0.132. The lowest BCUT2D eigenvalue weighted by Crippen LogP contribution is -2.33. The lowest BCUT2D eigenvalue weighted by atomic mass is 10.2. The Bertz CT molecular complexity index is 427. The molecule has 17 heavy (non-hydrogen) atoms. The predicted molar refractivity (Wildman–Crippen MR) is 64.1 cm³/mol. The minimum Gasteiger partial charge on any atom is -0.508 e. The van der Waals surface area contributed by atoms with Crippen molar-refractivity contribution in [2.24, 2.45) is 0 Å². The zero-order valence-electron chi connectivity index (χ0n) is 10.1. The number of carbonyl (C=O) groups excluding carboxylic acids is 1. The molecule has 92 valence electrons. The SMILES string of the molecule is Cc1c(O)cccc1OCC(=O)N(C)C1CC1. The number of hydrogen-bond acceptors (Lipinski definition) is 3. The Hall–Kier alpha value is -1.71. The van der Waals surface area contributed by atoms with E-state index >= 15 is 0 Å². The van der Waals surface area contributed by atoms with E-state index in [1.54, 1.807) is 37.1 Å².